The fourth-order valence-electron chi connectivity index (χ4n) is 0.358. The van der Waals surface area contributed by atoms with E-state index in [1.807, 2.05) is 0 Å². The van der Waals surface area contributed by atoms with Crippen molar-refractivity contribution in [2.24, 2.45) is 0 Å². The van der Waals surface area contributed by atoms with Gasteiger partial charge < -0.3 is 4.74 Å². The Morgan fingerprint density at radius 1 is 1.42 bits per heavy atom. The molecule has 1 atom stereocenters. The van der Waals surface area contributed by atoms with Crippen LogP contribution in [-0.2, 0) is 4.74 Å². The van der Waals surface area contributed by atoms with Crippen LogP contribution in [0.15, 0.2) is 0 Å². The Balaban J connectivity index is 0. The number of hydrogen-bond acceptors (Lipinski definition) is 1. The standard InChI is InChI=1S/C5H9F3.C2H5FO/c1-3-4(6)5(2,7)8;1-4-2-3/h4H,3H2,1-2H3;2H2,1H3. The van der Waals surface area contributed by atoms with Crippen molar-refractivity contribution < 1.29 is 22.3 Å². The average Bonchev–Trinajstić information content (AvgIpc) is 2.02. The summed E-state index contributed by atoms with van der Waals surface area (Å²) in [5.74, 6) is -3.16. The quantitative estimate of drug-likeness (QED) is 0.621. The highest BCUT2D eigenvalue weighted by atomic mass is 19.3. The van der Waals surface area contributed by atoms with Crippen molar-refractivity contribution in [1.82, 2.24) is 0 Å². The summed E-state index contributed by atoms with van der Waals surface area (Å²) in [5.41, 5.74) is 0. The van der Waals surface area contributed by atoms with Crippen LogP contribution < -0.4 is 0 Å². The van der Waals surface area contributed by atoms with Gasteiger partial charge in [0.1, 0.15) is 0 Å². The Labute approximate surface area is 69.7 Å². The van der Waals surface area contributed by atoms with Gasteiger partial charge in [0.15, 0.2) is 13.0 Å². The molecule has 0 fully saturated rings. The first kappa shape index (κ1) is 14.2. The second-order valence-corrected chi connectivity index (χ2v) is 2.23. The van der Waals surface area contributed by atoms with E-state index in [1.165, 1.54) is 14.0 Å². The molecule has 0 bridgehead atoms. The smallest absolute Gasteiger partial charge is 0.275 e. The normalized spacial score (nSPS) is 13.2. The van der Waals surface area contributed by atoms with Gasteiger partial charge in [0, 0.05) is 14.0 Å². The van der Waals surface area contributed by atoms with Crippen LogP contribution in [-0.4, -0.2) is 26.1 Å². The predicted octanol–water partition coefficient (Wildman–Crippen LogP) is 2.95. The van der Waals surface area contributed by atoms with Gasteiger partial charge >= 0.3 is 0 Å². The molecule has 0 aromatic rings. The number of alkyl halides is 4. The Morgan fingerprint density at radius 3 is 1.75 bits per heavy atom. The highest BCUT2D eigenvalue weighted by Crippen LogP contribution is 2.21. The molecule has 0 rings (SSSR count). The van der Waals surface area contributed by atoms with Crippen LogP contribution in [0, 0.1) is 0 Å². The van der Waals surface area contributed by atoms with Gasteiger partial charge in [-0.05, 0) is 6.42 Å². The summed E-state index contributed by atoms with van der Waals surface area (Å²) in [6, 6.07) is 0. The van der Waals surface area contributed by atoms with Crippen molar-refractivity contribution in [3.05, 3.63) is 0 Å². The summed E-state index contributed by atoms with van der Waals surface area (Å²) in [4.78, 5) is 0. The molecule has 0 saturated heterocycles. The maximum Gasteiger partial charge on any atom is 0.275 e. The lowest BCUT2D eigenvalue weighted by Gasteiger charge is -2.12. The minimum atomic E-state index is -3.16. The van der Waals surface area contributed by atoms with Gasteiger partial charge in [-0.1, -0.05) is 6.92 Å². The molecule has 0 spiro atoms. The molecular weight excluding hydrogens is 176 g/mol. The highest BCUT2D eigenvalue weighted by Gasteiger charge is 2.32. The Kier molecular flexibility index (Phi) is 8.69. The van der Waals surface area contributed by atoms with Gasteiger partial charge in [-0.2, -0.15) is 0 Å². The van der Waals surface area contributed by atoms with Gasteiger partial charge in [-0.15, -0.1) is 0 Å². The van der Waals surface area contributed by atoms with E-state index < -0.39 is 19.0 Å². The third kappa shape index (κ3) is 9.68. The molecule has 0 aromatic carbocycles. The van der Waals surface area contributed by atoms with Crippen molar-refractivity contribution in [2.45, 2.75) is 32.4 Å². The average molecular weight is 190 g/mol. The van der Waals surface area contributed by atoms with E-state index in [-0.39, 0.29) is 6.42 Å². The van der Waals surface area contributed by atoms with Crippen molar-refractivity contribution in [2.75, 3.05) is 14.0 Å². The largest absolute Gasteiger partial charge is 0.354 e. The molecule has 1 unspecified atom stereocenters. The molecule has 0 heterocycles. The number of methoxy groups -OCH3 is 1. The van der Waals surface area contributed by atoms with Crippen molar-refractivity contribution >= 4 is 0 Å². The maximum absolute atomic E-state index is 11.9. The molecule has 0 N–H and O–H groups in total. The fourth-order valence-corrected chi connectivity index (χ4v) is 0.358. The minimum Gasteiger partial charge on any atom is -0.354 e. The summed E-state index contributed by atoms with van der Waals surface area (Å²) in [6.45, 7) is 1.29. The molecule has 76 valence electrons. The number of halogens is 4. The van der Waals surface area contributed by atoms with Crippen LogP contribution in [0.4, 0.5) is 17.6 Å². The zero-order valence-corrected chi connectivity index (χ0v) is 7.41. The maximum atomic E-state index is 11.9. The summed E-state index contributed by atoms with van der Waals surface area (Å²) in [7, 11) is 1.31. The third-order valence-corrected chi connectivity index (χ3v) is 1.02. The van der Waals surface area contributed by atoms with Crippen LogP contribution in [0.1, 0.15) is 20.3 Å². The monoisotopic (exact) mass is 190 g/mol. The van der Waals surface area contributed by atoms with E-state index in [2.05, 4.69) is 4.74 Å². The molecule has 0 aliphatic heterocycles. The van der Waals surface area contributed by atoms with Crippen molar-refractivity contribution in [3.63, 3.8) is 0 Å². The number of hydrogen-bond donors (Lipinski definition) is 0. The number of ether oxygens (including phenoxy) is 1. The van der Waals surface area contributed by atoms with Gasteiger partial charge in [-0.3, -0.25) is 0 Å². The molecule has 0 saturated carbocycles. The van der Waals surface area contributed by atoms with Crippen LogP contribution in [0.2, 0.25) is 0 Å². The van der Waals surface area contributed by atoms with E-state index in [4.69, 9.17) is 0 Å². The third-order valence-electron chi connectivity index (χ3n) is 1.02. The van der Waals surface area contributed by atoms with E-state index in [0.29, 0.717) is 6.92 Å². The lowest BCUT2D eigenvalue weighted by molar-refractivity contribution is -0.0558. The molecular formula is C7H14F4O. The van der Waals surface area contributed by atoms with Crippen molar-refractivity contribution in [3.8, 4) is 0 Å². The summed E-state index contributed by atoms with van der Waals surface area (Å²) < 4.78 is 49.7. The van der Waals surface area contributed by atoms with Crippen LogP contribution >= 0.6 is 0 Å². The zero-order chi connectivity index (χ0) is 10.2. The molecule has 12 heavy (non-hydrogen) atoms. The van der Waals surface area contributed by atoms with Crippen LogP contribution in [0.5, 0.6) is 0 Å². The molecule has 0 aromatic heterocycles. The highest BCUT2D eigenvalue weighted by molar-refractivity contribution is 4.68. The van der Waals surface area contributed by atoms with Gasteiger partial charge in [0.2, 0.25) is 0 Å². The summed E-state index contributed by atoms with van der Waals surface area (Å²) in [5, 5.41) is 0. The van der Waals surface area contributed by atoms with E-state index in [9.17, 15) is 17.6 Å². The molecule has 5 heteroatoms. The van der Waals surface area contributed by atoms with E-state index in [1.54, 1.807) is 0 Å². The lowest BCUT2D eigenvalue weighted by atomic mass is 10.2. The van der Waals surface area contributed by atoms with Crippen LogP contribution in [0.25, 0.3) is 0 Å². The fraction of sp³-hybridized carbons (Fsp3) is 1.00. The van der Waals surface area contributed by atoms with Gasteiger partial charge in [0.25, 0.3) is 5.92 Å². The minimum absolute atomic E-state index is 0.122. The molecule has 0 aliphatic rings. The SMILES string of the molecule is CCC(F)C(C)(F)F.COCF. The van der Waals surface area contributed by atoms with Crippen LogP contribution in [0.3, 0.4) is 0 Å². The number of rotatable bonds is 3. The first-order valence-corrected chi connectivity index (χ1v) is 3.46. The first-order chi connectivity index (χ1) is 5.40. The lowest BCUT2D eigenvalue weighted by Crippen LogP contribution is -2.24. The second kappa shape index (κ2) is 7.34. The topological polar surface area (TPSA) is 9.23 Å². The Bertz CT molecular complexity index is 89.9. The summed E-state index contributed by atoms with van der Waals surface area (Å²) in [6.07, 6.45) is -2.11. The molecule has 1 nitrogen and oxygen atoms in total. The van der Waals surface area contributed by atoms with E-state index in [0.717, 1.165) is 0 Å². The molecule has 0 amide bonds. The predicted molar refractivity (Wildman–Crippen MR) is 38.8 cm³/mol. The molecule has 0 aliphatic carbocycles. The van der Waals surface area contributed by atoms with Crippen molar-refractivity contribution in [1.29, 1.82) is 0 Å². The van der Waals surface area contributed by atoms with Gasteiger partial charge in [-0.25, -0.2) is 17.6 Å². The Hall–Kier alpha value is -0.320. The van der Waals surface area contributed by atoms with Gasteiger partial charge in [0.05, 0.1) is 0 Å². The molecule has 0 radical (unpaired) electrons. The second-order valence-electron chi connectivity index (χ2n) is 2.23. The van der Waals surface area contributed by atoms with E-state index >= 15 is 0 Å². The zero-order valence-electron chi connectivity index (χ0n) is 7.41. The first-order valence-electron chi connectivity index (χ1n) is 3.46. The summed E-state index contributed by atoms with van der Waals surface area (Å²) >= 11 is 0. The Morgan fingerprint density at radius 2 is 1.75 bits per heavy atom.